The first-order valence-electron chi connectivity index (χ1n) is 7.01. The first kappa shape index (κ1) is 13.3. The van der Waals surface area contributed by atoms with Crippen LogP contribution in [0.3, 0.4) is 0 Å². The maximum Gasteiger partial charge on any atom is 0.150 e. The van der Waals surface area contributed by atoms with Gasteiger partial charge in [0, 0.05) is 5.54 Å². The second-order valence-corrected chi connectivity index (χ2v) is 8.05. The highest BCUT2D eigenvalue weighted by atomic mass is 32.2. The maximum absolute atomic E-state index is 11.6. The smallest absolute Gasteiger partial charge is 0.150 e. The zero-order chi connectivity index (χ0) is 12.4. The van der Waals surface area contributed by atoms with Crippen molar-refractivity contribution in [1.29, 1.82) is 0 Å². The van der Waals surface area contributed by atoms with Crippen LogP contribution in [0.2, 0.25) is 0 Å². The number of hydrogen-bond donors (Lipinski definition) is 1. The molecule has 2 unspecified atom stereocenters. The average Bonchev–Trinajstić information content (AvgIpc) is 2.75. The quantitative estimate of drug-likeness (QED) is 0.841. The van der Waals surface area contributed by atoms with E-state index in [1.165, 1.54) is 19.3 Å². The van der Waals surface area contributed by atoms with E-state index in [0.717, 1.165) is 32.2 Å². The van der Waals surface area contributed by atoms with Gasteiger partial charge in [-0.15, -0.1) is 0 Å². The van der Waals surface area contributed by atoms with Crippen molar-refractivity contribution in [3.63, 3.8) is 0 Å². The third kappa shape index (κ3) is 3.44. The Morgan fingerprint density at radius 1 is 1.35 bits per heavy atom. The standard InChI is InChI=1S/C13H25NO2S/c1-2-13(7-4-9-14-13)8-6-12-5-3-10-17(15,16)11-12/h12,14H,2-11H2,1H3. The molecule has 0 aromatic heterocycles. The summed E-state index contributed by atoms with van der Waals surface area (Å²) in [6.45, 7) is 3.38. The second kappa shape index (κ2) is 5.27. The summed E-state index contributed by atoms with van der Waals surface area (Å²) in [6, 6.07) is 0. The molecule has 2 fully saturated rings. The lowest BCUT2D eigenvalue weighted by atomic mass is 9.85. The van der Waals surface area contributed by atoms with E-state index >= 15 is 0 Å². The van der Waals surface area contributed by atoms with E-state index < -0.39 is 9.84 Å². The number of sulfone groups is 1. The van der Waals surface area contributed by atoms with Crippen LogP contribution in [0.25, 0.3) is 0 Å². The average molecular weight is 259 g/mol. The van der Waals surface area contributed by atoms with Gasteiger partial charge >= 0.3 is 0 Å². The van der Waals surface area contributed by atoms with Gasteiger partial charge in [0.25, 0.3) is 0 Å². The van der Waals surface area contributed by atoms with Crippen LogP contribution in [-0.4, -0.2) is 32.0 Å². The van der Waals surface area contributed by atoms with Crippen LogP contribution in [0.4, 0.5) is 0 Å². The molecule has 0 amide bonds. The molecule has 2 saturated heterocycles. The molecule has 3 nitrogen and oxygen atoms in total. The van der Waals surface area contributed by atoms with Crippen molar-refractivity contribution in [3.05, 3.63) is 0 Å². The molecule has 0 aromatic carbocycles. The van der Waals surface area contributed by atoms with E-state index in [1.807, 2.05) is 0 Å². The molecule has 0 spiro atoms. The fraction of sp³-hybridized carbons (Fsp3) is 1.00. The summed E-state index contributed by atoms with van der Waals surface area (Å²) >= 11 is 0. The fourth-order valence-electron chi connectivity index (χ4n) is 3.39. The van der Waals surface area contributed by atoms with Gasteiger partial charge in [-0.3, -0.25) is 0 Å². The Hall–Kier alpha value is -0.0900. The SMILES string of the molecule is CCC1(CCC2CCCS(=O)(=O)C2)CCCN1. The van der Waals surface area contributed by atoms with Crippen molar-refractivity contribution in [1.82, 2.24) is 5.32 Å². The van der Waals surface area contributed by atoms with E-state index in [2.05, 4.69) is 12.2 Å². The van der Waals surface area contributed by atoms with Crippen molar-refractivity contribution in [2.45, 2.75) is 57.4 Å². The number of rotatable bonds is 4. The molecule has 1 N–H and O–H groups in total. The molecule has 0 saturated carbocycles. The molecule has 2 rings (SSSR count). The van der Waals surface area contributed by atoms with E-state index in [-0.39, 0.29) is 0 Å². The zero-order valence-corrected chi connectivity index (χ0v) is 11.7. The Morgan fingerprint density at radius 3 is 2.76 bits per heavy atom. The lowest BCUT2D eigenvalue weighted by Crippen LogP contribution is -2.40. The van der Waals surface area contributed by atoms with Gasteiger partial charge < -0.3 is 5.32 Å². The predicted octanol–water partition coefficient (Wildman–Crippen LogP) is 2.12. The normalized spacial score (nSPS) is 37.1. The predicted molar refractivity (Wildman–Crippen MR) is 70.9 cm³/mol. The molecule has 0 aromatic rings. The highest BCUT2D eigenvalue weighted by molar-refractivity contribution is 7.91. The molecule has 0 bridgehead atoms. The number of hydrogen-bond acceptors (Lipinski definition) is 3. The highest BCUT2D eigenvalue weighted by Gasteiger charge is 2.33. The summed E-state index contributed by atoms with van der Waals surface area (Å²) in [5.74, 6) is 1.27. The van der Waals surface area contributed by atoms with Gasteiger partial charge in [0.2, 0.25) is 0 Å². The minimum Gasteiger partial charge on any atom is -0.311 e. The summed E-state index contributed by atoms with van der Waals surface area (Å²) in [5, 5.41) is 3.63. The third-order valence-electron chi connectivity index (χ3n) is 4.60. The van der Waals surface area contributed by atoms with Gasteiger partial charge in [0.15, 0.2) is 9.84 Å². The molecular weight excluding hydrogens is 234 g/mol. The van der Waals surface area contributed by atoms with Crippen LogP contribution in [0, 0.1) is 5.92 Å². The third-order valence-corrected chi connectivity index (χ3v) is 6.49. The van der Waals surface area contributed by atoms with Crippen LogP contribution in [0.5, 0.6) is 0 Å². The molecule has 0 radical (unpaired) electrons. The van der Waals surface area contributed by atoms with Crippen LogP contribution in [0.15, 0.2) is 0 Å². The molecule has 0 aliphatic carbocycles. The fourth-order valence-corrected chi connectivity index (χ4v) is 5.21. The molecular formula is C13H25NO2S. The van der Waals surface area contributed by atoms with Crippen LogP contribution >= 0.6 is 0 Å². The second-order valence-electron chi connectivity index (χ2n) is 5.83. The summed E-state index contributed by atoms with van der Waals surface area (Å²) in [5.41, 5.74) is 0.321. The topological polar surface area (TPSA) is 46.2 Å². The van der Waals surface area contributed by atoms with Crippen molar-refractivity contribution in [3.8, 4) is 0 Å². The lowest BCUT2D eigenvalue weighted by Gasteiger charge is -2.31. The first-order chi connectivity index (χ1) is 8.05. The Bertz CT molecular complexity index is 344. The first-order valence-corrected chi connectivity index (χ1v) is 8.83. The van der Waals surface area contributed by atoms with Crippen LogP contribution in [-0.2, 0) is 9.84 Å². The molecule has 100 valence electrons. The van der Waals surface area contributed by atoms with Crippen molar-refractivity contribution < 1.29 is 8.42 Å². The van der Waals surface area contributed by atoms with E-state index in [0.29, 0.717) is 23.0 Å². The number of nitrogens with one attached hydrogen (secondary N) is 1. The van der Waals surface area contributed by atoms with Crippen molar-refractivity contribution in [2.75, 3.05) is 18.1 Å². The van der Waals surface area contributed by atoms with Crippen molar-refractivity contribution >= 4 is 9.84 Å². The van der Waals surface area contributed by atoms with Crippen LogP contribution < -0.4 is 5.32 Å². The van der Waals surface area contributed by atoms with Gasteiger partial charge in [-0.2, -0.15) is 0 Å². The largest absolute Gasteiger partial charge is 0.311 e. The van der Waals surface area contributed by atoms with Crippen molar-refractivity contribution in [2.24, 2.45) is 5.92 Å². The minimum atomic E-state index is -2.72. The van der Waals surface area contributed by atoms with Gasteiger partial charge in [-0.25, -0.2) is 8.42 Å². The molecule has 2 atom stereocenters. The molecule has 2 aliphatic rings. The molecule has 17 heavy (non-hydrogen) atoms. The minimum absolute atomic E-state index is 0.321. The lowest BCUT2D eigenvalue weighted by molar-refractivity contribution is 0.297. The Kier molecular flexibility index (Phi) is 4.14. The Labute approximate surface area is 105 Å². The zero-order valence-electron chi connectivity index (χ0n) is 10.9. The summed E-state index contributed by atoms with van der Waals surface area (Å²) in [6.07, 6.45) is 7.94. The maximum atomic E-state index is 11.6. The molecule has 2 heterocycles. The molecule has 4 heteroatoms. The summed E-state index contributed by atoms with van der Waals surface area (Å²) in [4.78, 5) is 0. The van der Waals surface area contributed by atoms with Gasteiger partial charge in [-0.1, -0.05) is 6.92 Å². The monoisotopic (exact) mass is 259 g/mol. The Morgan fingerprint density at radius 2 is 2.18 bits per heavy atom. The summed E-state index contributed by atoms with van der Waals surface area (Å²) in [7, 11) is -2.72. The van der Waals surface area contributed by atoms with Gasteiger partial charge in [0.1, 0.15) is 0 Å². The van der Waals surface area contributed by atoms with Crippen LogP contribution in [0.1, 0.15) is 51.9 Å². The Balaban J connectivity index is 1.85. The molecule has 2 aliphatic heterocycles. The van der Waals surface area contributed by atoms with E-state index in [1.54, 1.807) is 0 Å². The van der Waals surface area contributed by atoms with Gasteiger partial charge in [-0.05, 0) is 57.4 Å². The van der Waals surface area contributed by atoms with E-state index in [9.17, 15) is 8.42 Å². The van der Waals surface area contributed by atoms with Gasteiger partial charge in [0.05, 0.1) is 11.5 Å². The van der Waals surface area contributed by atoms with E-state index in [4.69, 9.17) is 0 Å². The summed E-state index contributed by atoms with van der Waals surface area (Å²) < 4.78 is 23.2. The highest BCUT2D eigenvalue weighted by Crippen LogP contribution is 2.32.